The van der Waals surface area contributed by atoms with Crippen LogP contribution in [0.4, 0.5) is 0 Å². The maximum atomic E-state index is 11.1. The van der Waals surface area contributed by atoms with Crippen LogP contribution in [0.2, 0.25) is 0 Å². The largest absolute Gasteiger partial charge is 0.481 e. The van der Waals surface area contributed by atoms with Crippen LogP contribution in [-0.2, 0) is 9.53 Å². The number of carboxylic acid groups (broad SMARTS) is 1. The molecule has 2 N–H and O–H groups in total. The van der Waals surface area contributed by atoms with Crippen molar-refractivity contribution in [2.45, 2.75) is 59.2 Å². The van der Waals surface area contributed by atoms with E-state index in [-0.39, 0.29) is 19.1 Å². The predicted octanol–water partition coefficient (Wildman–Crippen LogP) is 2.05. The molecule has 0 saturated carbocycles. The SMILES string of the molecule is CCCC(C)(CC(O)COC(C)C)C(=O)O. The highest BCUT2D eigenvalue weighted by molar-refractivity contribution is 5.74. The van der Waals surface area contributed by atoms with Gasteiger partial charge in [-0.1, -0.05) is 13.3 Å². The summed E-state index contributed by atoms with van der Waals surface area (Å²) in [5.41, 5.74) is -0.853. The Morgan fingerprint density at radius 3 is 2.38 bits per heavy atom. The standard InChI is InChI=1S/C12H24O4/c1-5-6-12(4,11(14)15)7-10(13)8-16-9(2)3/h9-10,13H,5-8H2,1-4H3,(H,14,15). The van der Waals surface area contributed by atoms with Gasteiger partial charge in [0.05, 0.1) is 24.2 Å². The van der Waals surface area contributed by atoms with Crippen LogP contribution < -0.4 is 0 Å². The van der Waals surface area contributed by atoms with E-state index in [1.807, 2.05) is 20.8 Å². The predicted molar refractivity (Wildman–Crippen MR) is 62.4 cm³/mol. The quantitative estimate of drug-likeness (QED) is 0.672. The summed E-state index contributed by atoms with van der Waals surface area (Å²) >= 11 is 0. The highest BCUT2D eigenvalue weighted by atomic mass is 16.5. The van der Waals surface area contributed by atoms with E-state index < -0.39 is 17.5 Å². The number of aliphatic hydroxyl groups is 1. The molecular formula is C12H24O4. The summed E-state index contributed by atoms with van der Waals surface area (Å²) in [7, 11) is 0. The van der Waals surface area contributed by atoms with Crippen molar-refractivity contribution in [2.24, 2.45) is 5.41 Å². The van der Waals surface area contributed by atoms with Gasteiger partial charge in [-0.3, -0.25) is 4.79 Å². The monoisotopic (exact) mass is 232 g/mol. The Bertz CT molecular complexity index is 215. The van der Waals surface area contributed by atoms with Crippen LogP contribution in [0, 0.1) is 5.41 Å². The molecule has 0 radical (unpaired) electrons. The number of hydrogen-bond donors (Lipinski definition) is 2. The Labute approximate surface area is 97.6 Å². The lowest BCUT2D eigenvalue weighted by atomic mass is 9.80. The zero-order valence-corrected chi connectivity index (χ0v) is 10.7. The van der Waals surface area contributed by atoms with Gasteiger partial charge in [-0.2, -0.15) is 0 Å². The van der Waals surface area contributed by atoms with Crippen LogP contribution >= 0.6 is 0 Å². The van der Waals surface area contributed by atoms with E-state index in [1.165, 1.54) is 0 Å². The van der Waals surface area contributed by atoms with Crippen molar-refractivity contribution in [3.63, 3.8) is 0 Å². The van der Waals surface area contributed by atoms with Crippen molar-refractivity contribution in [1.29, 1.82) is 0 Å². The minimum atomic E-state index is -0.853. The Morgan fingerprint density at radius 1 is 1.44 bits per heavy atom. The fourth-order valence-electron chi connectivity index (χ4n) is 1.73. The van der Waals surface area contributed by atoms with Gasteiger partial charge in [0, 0.05) is 0 Å². The van der Waals surface area contributed by atoms with Crippen molar-refractivity contribution < 1.29 is 19.7 Å². The zero-order valence-electron chi connectivity index (χ0n) is 10.7. The average molecular weight is 232 g/mol. The van der Waals surface area contributed by atoms with Crippen molar-refractivity contribution >= 4 is 5.97 Å². The molecule has 0 aliphatic heterocycles. The minimum absolute atomic E-state index is 0.0527. The van der Waals surface area contributed by atoms with Gasteiger partial charge in [0.1, 0.15) is 0 Å². The summed E-state index contributed by atoms with van der Waals surface area (Å²) in [5.74, 6) is -0.849. The first-order chi connectivity index (χ1) is 7.31. The molecule has 2 atom stereocenters. The smallest absolute Gasteiger partial charge is 0.309 e. The topological polar surface area (TPSA) is 66.8 Å². The average Bonchev–Trinajstić information content (AvgIpc) is 2.14. The molecule has 4 nitrogen and oxygen atoms in total. The number of hydrogen-bond acceptors (Lipinski definition) is 3. The molecule has 0 saturated heterocycles. The molecule has 0 aliphatic carbocycles. The number of aliphatic hydroxyl groups excluding tert-OH is 1. The molecule has 0 heterocycles. The zero-order chi connectivity index (χ0) is 12.8. The number of rotatable bonds is 8. The third-order valence-electron chi connectivity index (χ3n) is 2.63. The van der Waals surface area contributed by atoms with Crippen LogP contribution in [0.1, 0.15) is 47.0 Å². The Hall–Kier alpha value is -0.610. The van der Waals surface area contributed by atoms with Crippen molar-refractivity contribution in [3.8, 4) is 0 Å². The maximum Gasteiger partial charge on any atom is 0.309 e. The van der Waals surface area contributed by atoms with E-state index in [2.05, 4.69) is 0 Å². The summed E-state index contributed by atoms with van der Waals surface area (Å²) in [4.78, 5) is 11.1. The molecule has 0 fully saturated rings. The highest BCUT2D eigenvalue weighted by Gasteiger charge is 2.34. The van der Waals surface area contributed by atoms with Gasteiger partial charge >= 0.3 is 5.97 Å². The lowest BCUT2D eigenvalue weighted by Gasteiger charge is -2.27. The number of aliphatic carboxylic acids is 1. The molecule has 0 aliphatic rings. The first kappa shape index (κ1) is 15.4. The van der Waals surface area contributed by atoms with Gasteiger partial charge in [-0.15, -0.1) is 0 Å². The van der Waals surface area contributed by atoms with Gasteiger partial charge in [-0.05, 0) is 33.6 Å². The van der Waals surface area contributed by atoms with Crippen LogP contribution in [0.5, 0.6) is 0 Å². The fraction of sp³-hybridized carbons (Fsp3) is 0.917. The van der Waals surface area contributed by atoms with E-state index in [1.54, 1.807) is 6.92 Å². The third-order valence-corrected chi connectivity index (χ3v) is 2.63. The van der Waals surface area contributed by atoms with Gasteiger partial charge in [-0.25, -0.2) is 0 Å². The number of ether oxygens (including phenoxy) is 1. The van der Waals surface area contributed by atoms with Gasteiger partial charge in [0.25, 0.3) is 0 Å². The van der Waals surface area contributed by atoms with E-state index >= 15 is 0 Å². The second kappa shape index (κ2) is 6.86. The van der Waals surface area contributed by atoms with E-state index in [4.69, 9.17) is 9.84 Å². The maximum absolute atomic E-state index is 11.1. The molecule has 2 unspecified atom stereocenters. The van der Waals surface area contributed by atoms with Crippen LogP contribution in [0.15, 0.2) is 0 Å². The van der Waals surface area contributed by atoms with Gasteiger partial charge in [0.2, 0.25) is 0 Å². The van der Waals surface area contributed by atoms with Crippen LogP contribution in [0.25, 0.3) is 0 Å². The highest BCUT2D eigenvalue weighted by Crippen LogP contribution is 2.29. The minimum Gasteiger partial charge on any atom is -0.481 e. The lowest BCUT2D eigenvalue weighted by molar-refractivity contribution is -0.151. The molecule has 16 heavy (non-hydrogen) atoms. The molecule has 0 bridgehead atoms. The van der Waals surface area contributed by atoms with Crippen LogP contribution in [-0.4, -0.2) is 35.0 Å². The molecule has 96 valence electrons. The van der Waals surface area contributed by atoms with E-state index in [0.717, 1.165) is 6.42 Å². The van der Waals surface area contributed by atoms with E-state index in [0.29, 0.717) is 6.42 Å². The molecule has 0 rings (SSSR count). The summed E-state index contributed by atoms with van der Waals surface area (Å²) in [6.07, 6.45) is 0.941. The van der Waals surface area contributed by atoms with Gasteiger partial charge < -0.3 is 14.9 Å². The Balaban J connectivity index is 4.23. The van der Waals surface area contributed by atoms with Crippen LogP contribution in [0.3, 0.4) is 0 Å². The third kappa shape index (κ3) is 5.47. The summed E-state index contributed by atoms with van der Waals surface area (Å²) in [6, 6.07) is 0. The van der Waals surface area contributed by atoms with Crippen molar-refractivity contribution in [1.82, 2.24) is 0 Å². The number of carboxylic acids is 1. The van der Waals surface area contributed by atoms with Gasteiger partial charge in [0.15, 0.2) is 0 Å². The summed E-state index contributed by atoms with van der Waals surface area (Å²) < 4.78 is 5.26. The summed E-state index contributed by atoms with van der Waals surface area (Å²) in [5, 5.41) is 18.9. The Morgan fingerprint density at radius 2 is 2.00 bits per heavy atom. The first-order valence-corrected chi connectivity index (χ1v) is 5.85. The molecule has 0 spiro atoms. The fourth-order valence-corrected chi connectivity index (χ4v) is 1.73. The first-order valence-electron chi connectivity index (χ1n) is 5.85. The second-order valence-corrected chi connectivity index (χ2v) is 4.86. The molecule has 0 aromatic heterocycles. The van der Waals surface area contributed by atoms with Crippen molar-refractivity contribution in [3.05, 3.63) is 0 Å². The lowest BCUT2D eigenvalue weighted by Crippen LogP contribution is -2.34. The molecule has 0 aromatic rings. The second-order valence-electron chi connectivity index (χ2n) is 4.86. The van der Waals surface area contributed by atoms with Crippen molar-refractivity contribution in [2.75, 3.05) is 6.61 Å². The van der Waals surface area contributed by atoms with E-state index in [9.17, 15) is 9.90 Å². The normalized spacial score (nSPS) is 17.1. The Kier molecular flexibility index (Phi) is 6.60. The number of carbonyl (C=O) groups is 1. The molecule has 4 heteroatoms. The molecule has 0 aromatic carbocycles. The summed E-state index contributed by atoms with van der Waals surface area (Å²) in [6.45, 7) is 7.59. The molecule has 0 amide bonds. The molecular weight excluding hydrogens is 208 g/mol.